The van der Waals surface area contributed by atoms with Crippen molar-refractivity contribution < 1.29 is 14.6 Å². The summed E-state index contributed by atoms with van der Waals surface area (Å²) in [4.78, 5) is 0. The first-order chi connectivity index (χ1) is 6.13. The normalized spacial score (nSPS) is 12.8. The zero-order valence-corrected chi connectivity index (χ0v) is 7.07. The highest BCUT2D eigenvalue weighted by molar-refractivity contribution is 5.28. The van der Waals surface area contributed by atoms with Crippen LogP contribution >= 0.6 is 0 Å². The molecule has 4 heteroatoms. The Bertz CT molecular complexity index is 291. The van der Waals surface area contributed by atoms with Crippen LogP contribution in [0, 0.1) is 5.82 Å². The third-order valence-electron chi connectivity index (χ3n) is 1.74. The van der Waals surface area contributed by atoms with Gasteiger partial charge >= 0.3 is 0 Å². The van der Waals surface area contributed by atoms with Crippen LogP contribution in [0.15, 0.2) is 18.2 Å². The molecule has 4 N–H and O–H groups in total. The minimum atomic E-state index is -0.664. The van der Waals surface area contributed by atoms with Crippen LogP contribution in [0.3, 0.4) is 0 Å². The molecule has 3 nitrogen and oxygen atoms in total. The number of aliphatic hydroxyl groups excluding tert-OH is 1. The summed E-state index contributed by atoms with van der Waals surface area (Å²) in [5.41, 5.74) is 6.12. The van der Waals surface area contributed by atoms with Gasteiger partial charge in [-0.1, -0.05) is 6.07 Å². The molecule has 1 rings (SSSR count). The van der Waals surface area contributed by atoms with Gasteiger partial charge in [0, 0.05) is 6.04 Å². The highest BCUT2D eigenvalue weighted by Crippen LogP contribution is 2.16. The molecule has 0 radical (unpaired) electrons. The highest BCUT2D eigenvalue weighted by Gasteiger charge is 2.05. The standard InChI is InChI=1S/C9H12FNO2/c10-8-4-6(1-2-9(8)13)3-7(11)5-12/h1-2,4,7,12-13H,3,5,11H2/t7-/m0/s1. The number of benzene rings is 1. The predicted molar refractivity (Wildman–Crippen MR) is 46.8 cm³/mol. The number of halogens is 1. The van der Waals surface area contributed by atoms with Gasteiger partial charge in [-0.15, -0.1) is 0 Å². The second-order valence-electron chi connectivity index (χ2n) is 2.93. The molecule has 0 amide bonds. The van der Waals surface area contributed by atoms with Gasteiger partial charge in [0.25, 0.3) is 0 Å². The number of phenolic OH excluding ortho intramolecular Hbond substituents is 1. The summed E-state index contributed by atoms with van der Waals surface area (Å²) in [6.07, 6.45) is 0.397. The Kier molecular flexibility index (Phi) is 3.22. The first-order valence-electron chi connectivity index (χ1n) is 3.97. The van der Waals surface area contributed by atoms with Crippen LogP contribution in [-0.4, -0.2) is 22.9 Å². The maximum atomic E-state index is 12.8. The smallest absolute Gasteiger partial charge is 0.165 e. The molecule has 0 bridgehead atoms. The average Bonchev–Trinajstić information content (AvgIpc) is 2.11. The third-order valence-corrected chi connectivity index (χ3v) is 1.74. The van der Waals surface area contributed by atoms with Crippen LogP contribution in [-0.2, 0) is 6.42 Å². The van der Waals surface area contributed by atoms with E-state index in [1.807, 2.05) is 0 Å². The Morgan fingerprint density at radius 2 is 2.15 bits per heavy atom. The topological polar surface area (TPSA) is 66.5 Å². The van der Waals surface area contributed by atoms with Crippen molar-refractivity contribution in [3.63, 3.8) is 0 Å². The molecule has 0 saturated heterocycles. The molecule has 0 heterocycles. The molecule has 0 aliphatic heterocycles. The number of hydrogen-bond acceptors (Lipinski definition) is 3. The zero-order valence-electron chi connectivity index (χ0n) is 7.07. The van der Waals surface area contributed by atoms with Gasteiger partial charge in [-0.25, -0.2) is 4.39 Å². The zero-order chi connectivity index (χ0) is 9.84. The van der Waals surface area contributed by atoms with E-state index in [9.17, 15) is 4.39 Å². The van der Waals surface area contributed by atoms with E-state index in [0.717, 1.165) is 0 Å². The number of nitrogens with two attached hydrogens (primary N) is 1. The number of phenols is 1. The van der Waals surface area contributed by atoms with Crippen LogP contribution in [0.2, 0.25) is 0 Å². The molecule has 0 spiro atoms. The monoisotopic (exact) mass is 185 g/mol. The lowest BCUT2D eigenvalue weighted by atomic mass is 10.1. The molecule has 0 aliphatic rings. The Morgan fingerprint density at radius 3 is 2.69 bits per heavy atom. The van der Waals surface area contributed by atoms with E-state index in [1.165, 1.54) is 12.1 Å². The van der Waals surface area contributed by atoms with Gasteiger partial charge in [-0.3, -0.25) is 0 Å². The largest absolute Gasteiger partial charge is 0.505 e. The molecular formula is C9H12FNO2. The van der Waals surface area contributed by atoms with Gasteiger partial charge in [-0.2, -0.15) is 0 Å². The van der Waals surface area contributed by atoms with E-state index in [-0.39, 0.29) is 18.4 Å². The van der Waals surface area contributed by atoms with Gasteiger partial charge in [0.05, 0.1) is 6.61 Å². The van der Waals surface area contributed by atoms with E-state index in [4.69, 9.17) is 15.9 Å². The Labute approximate surface area is 75.6 Å². The molecule has 72 valence electrons. The molecule has 0 saturated carbocycles. The van der Waals surface area contributed by atoms with Gasteiger partial charge in [0.2, 0.25) is 0 Å². The lowest BCUT2D eigenvalue weighted by molar-refractivity contribution is 0.265. The fourth-order valence-corrected chi connectivity index (χ4v) is 1.04. The second-order valence-corrected chi connectivity index (χ2v) is 2.93. The maximum absolute atomic E-state index is 12.8. The molecule has 0 fully saturated rings. The van der Waals surface area contributed by atoms with Gasteiger partial charge in [-0.05, 0) is 24.1 Å². The van der Waals surface area contributed by atoms with E-state index >= 15 is 0 Å². The van der Waals surface area contributed by atoms with Gasteiger partial charge < -0.3 is 15.9 Å². The minimum absolute atomic E-state index is 0.136. The summed E-state index contributed by atoms with van der Waals surface area (Å²) in [5.74, 6) is -1.04. The molecule has 0 unspecified atom stereocenters. The van der Waals surface area contributed by atoms with Crippen molar-refractivity contribution in [3.05, 3.63) is 29.6 Å². The highest BCUT2D eigenvalue weighted by atomic mass is 19.1. The van der Waals surface area contributed by atoms with Crippen LogP contribution in [0.4, 0.5) is 4.39 Å². The van der Waals surface area contributed by atoms with Gasteiger partial charge in [0.1, 0.15) is 0 Å². The molecule has 0 aliphatic carbocycles. The molecule has 0 aromatic heterocycles. The summed E-state index contributed by atoms with van der Waals surface area (Å²) < 4.78 is 12.8. The lowest BCUT2D eigenvalue weighted by Gasteiger charge is -2.07. The predicted octanol–water partition coefficient (Wildman–Crippen LogP) is 0.393. The first kappa shape index (κ1) is 9.95. The van der Waals surface area contributed by atoms with Crippen LogP contribution in [0.25, 0.3) is 0 Å². The SMILES string of the molecule is N[C@H](CO)Cc1ccc(O)c(F)c1. The quantitative estimate of drug-likeness (QED) is 0.638. The van der Waals surface area contributed by atoms with Crippen molar-refractivity contribution in [2.45, 2.75) is 12.5 Å². The second kappa shape index (κ2) is 4.20. The average molecular weight is 185 g/mol. The fourth-order valence-electron chi connectivity index (χ4n) is 1.04. The molecule has 1 aromatic rings. The maximum Gasteiger partial charge on any atom is 0.165 e. The van der Waals surface area contributed by atoms with Crippen molar-refractivity contribution >= 4 is 0 Å². The summed E-state index contributed by atoms with van der Waals surface area (Å²) in [6.45, 7) is -0.136. The molecule has 1 aromatic carbocycles. The van der Waals surface area contributed by atoms with Crippen molar-refractivity contribution in [2.75, 3.05) is 6.61 Å². The Balaban J connectivity index is 2.73. The lowest BCUT2D eigenvalue weighted by Crippen LogP contribution is -2.26. The van der Waals surface area contributed by atoms with Crippen molar-refractivity contribution in [3.8, 4) is 5.75 Å². The number of rotatable bonds is 3. The number of aliphatic hydroxyl groups is 1. The first-order valence-corrected chi connectivity index (χ1v) is 3.97. The van der Waals surface area contributed by atoms with Gasteiger partial charge in [0.15, 0.2) is 11.6 Å². The van der Waals surface area contributed by atoms with E-state index in [2.05, 4.69) is 0 Å². The van der Waals surface area contributed by atoms with Crippen LogP contribution in [0.5, 0.6) is 5.75 Å². The van der Waals surface area contributed by atoms with E-state index in [1.54, 1.807) is 6.07 Å². The Hall–Kier alpha value is -1.13. The number of aromatic hydroxyl groups is 1. The summed E-state index contributed by atoms with van der Waals surface area (Å²) in [7, 11) is 0. The van der Waals surface area contributed by atoms with E-state index < -0.39 is 5.82 Å². The summed E-state index contributed by atoms with van der Waals surface area (Å²) in [6, 6.07) is 3.68. The third kappa shape index (κ3) is 2.68. The summed E-state index contributed by atoms with van der Waals surface area (Å²) in [5, 5.41) is 17.5. The Morgan fingerprint density at radius 1 is 1.46 bits per heavy atom. The number of hydrogen-bond donors (Lipinski definition) is 3. The summed E-state index contributed by atoms with van der Waals surface area (Å²) >= 11 is 0. The van der Waals surface area contributed by atoms with Crippen LogP contribution < -0.4 is 5.73 Å². The van der Waals surface area contributed by atoms with Crippen molar-refractivity contribution in [2.24, 2.45) is 5.73 Å². The fraction of sp³-hybridized carbons (Fsp3) is 0.333. The van der Waals surface area contributed by atoms with Crippen molar-refractivity contribution in [1.29, 1.82) is 0 Å². The van der Waals surface area contributed by atoms with Crippen LogP contribution in [0.1, 0.15) is 5.56 Å². The van der Waals surface area contributed by atoms with E-state index in [0.29, 0.717) is 12.0 Å². The minimum Gasteiger partial charge on any atom is -0.505 e. The molecular weight excluding hydrogens is 173 g/mol. The van der Waals surface area contributed by atoms with Crippen molar-refractivity contribution in [1.82, 2.24) is 0 Å². The molecule has 13 heavy (non-hydrogen) atoms. The molecule has 1 atom stereocenters.